The number of nitrogens with zero attached hydrogens (tertiary/aromatic N) is 1. The Hall–Kier alpha value is -3.19. The maximum Gasteiger partial charge on any atom is 0.358 e. The van der Waals surface area contributed by atoms with Crippen molar-refractivity contribution in [1.82, 2.24) is 4.98 Å². The van der Waals surface area contributed by atoms with Crippen molar-refractivity contribution in [3.8, 4) is 22.1 Å². The number of thiazole rings is 1. The van der Waals surface area contributed by atoms with Gasteiger partial charge in [-0.1, -0.05) is 0 Å². The predicted octanol–water partition coefficient (Wildman–Crippen LogP) is 4.26. The number of esters is 1. The van der Waals surface area contributed by atoms with E-state index in [2.05, 4.69) is 4.98 Å². The Morgan fingerprint density at radius 3 is 2.32 bits per heavy atom. The fraction of sp³-hybridized carbons (Fsp3) is 0.190. The fourth-order valence-corrected chi connectivity index (χ4v) is 3.22. The lowest BCUT2D eigenvalue weighted by atomic mass is 10.1. The molecule has 0 spiro atoms. The standard InChI is InChI=1S/C21H19NO5S/c1-3-26-17-10-4-14(5-11-17)19(23)12-27-21(24)18-13-28-20(22-18)15-6-8-16(25-2)9-7-15/h4-11,13H,3,12H2,1-2H3. The van der Waals surface area contributed by atoms with Crippen molar-refractivity contribution in [2.45, 2.75) is 6.92 Å². The first kappa shape index (κ1) is 19.6. The Labute approximate surface area is 166 Å². The monoisotopic (exact) mass is 397 g/mol. The third-order valence-electron chi connectivity index (χ3n) is 3.87. The molecule has 0 bridgehead atoms. The van der Waals surface area contributed by atoms with E-state index in [0.29, 0.717) is 22.9 Å². The molecule has 6 nitrogen and oxygen atoms in total. The summed E-state index contributed by atoms with van der Waals surface area (Å²) in [5.74, 6) is 0.509. The lowest BCUT2D eigenvalue weighted by Gasteiger charge is -2.05. The van der Waals surface area contributed by atoms with Crippen molar-refractivity contribution in [1.29, 1.82) is 0 Å². The number of ether oxygens (including phenoxy) is 3. The maximum absolute atomic E-state index is 12.2. The van der Waals surface area contributed by atoms with E-state index in [9.17, 15) is 9.59 Å². The zero-order valence-electron chi connectivity index (χ0n) is 15.5. The SMILES string of the molecule is CCOc1ccc(C(=O)COC(=O)c2csc(-c3ccc(OC)cc3)n2)cc1. The van der Waals surface area contributed by atoms with E-state index >= 15 is 0 Å². The van der Waals surface area contributed by atoms with Crippen molar-refractivity contribution in [2.24, 2.45) is 0 Å². The molecule has 2 aromatic carbocycles. The average Bonchev–Trinajstić information content (AvgIpc) is 3.23. The Balaban J connectivity index is 1.58. The van der Waals surface area contributed by atoms with Gasteiger partial charge in [0.15, 0.2) is 18.1 Å². The van der Waals surface area contributed by atoms with Crippen LogP contribution in [-0.2, 0) is 4.74 Å². The van der Waals surface area contributed by atoms with Gasteiger partial charge in [-0.05, 0) is 55.5 Å². The first-order valence-corrected chi connectivity index (χ1v) is 9.51. The van der Waals surface area contributed by atoms with Crippen LogP contribution in [0.25, 0.3) is 10.6 Å². The number of aromatic nitrogens is 1. The molecule has 3 aromatic rings. The molecule has 0 saturated carbocycles. The maximum atomic E-state index is 12.2. The molecular weight excluding hydrogens is 378 g/mol. The second kappa shape index (κ2) is 9.14. The van der Waals surface area contributed by atoms with Gasteiger partial charge >= 0.3 is 5.97 Å². The lowest BCUT2D eigenvalue weighted by molar-refractivity contribution is 0.0470. The Morgan fingerprint density at radius 1 is 1.00 bits per heavy atom. The Kier molecular flexibility index (Phi) is 6.39. The molecule has 0 N–H and O–H groups in total. The zero-order valence-corrected chi connectivity index (χ0v) is 16.3. The van der Waals surface area contributed by atoms with Crippen LogP contribution in [0.4, 0.5) is 0 Å². The highest BCUT2D eigenvalue weighted by Crippen LogP contribution is 2.26. The van der Waals surface area contributed by atoms with Crippen molar-refractivity contribution in [3.05, 3.63) is 65.2 Å². The molecule has 0 radical (unpaired) electrons. The van der Waals surface area contributed by atoms with E-state index in [1.807, 2.05) is 31.2 Å². The summed E-state index contributed by atoms with van der Waals surface area (Å²) >= 11 is 1.33. The van der Waals surface area contributed by atoms with Crippen LogP contribution in [0, 0.1) is 0 Å². The molecule has 0 aliphatic carbocycles. The molecule has 144 valence electrons. The van der Waals surface area contributed by atoms with Gasteiger partial charge in [-0.15, -0.1) is 11.3 Å². The number of benzene rings is 2. The van der Waals surface area contributed by atoms with Crippen LogP contribution in [0.1, 0.15) is 27.8 Å². The largest absolute Gasteiger partial charge is 0.497 e. The van der Waals surface area contributed by atoms with E-state index in [0.717, 1.165) is 11.3 Å². The van der Waals surface area contributed by atoms with Gasteiger partial charge in [-0.2, -0.15) is 0 Å². The summed E-state index contributed by atoms with van der Waals surface area (Å²) in [6.45, 7) is 2.09. The van der Waals surface area contributed by atoms with Crippen LogP contribution in [0.3, 0.4) is 0 Å². The van der Waals surface area contributed by atoms with E-state index in [1.54, 1.807) is 36.8 Å². The van der Waals surface area contributed by atoms with Gasteiger partial charge in [0.05, 0.1) is 13.7 Å². The molecule has 0 amide bonds. The minimum Gasteiger partial charge on any atom is -0.497 e. The van der Waals surface area contributed by atoms with Gasteiger partial charge in [0.2, 0.25) is 0 Å². The number of ketones is 1. The summed E-state index contributed by atoms with van der Waals surface area (Å²) < 4.78 is 15.6. The molecule has 7 heteroatoms. The van der Waals surface area contributed by atoms with Crippen molar-refractivity contribution < 1.29 is 23.8 Å². The molecule has 0 saturated heterocycles. The topological polar surface area (TPSA) is 74.7 Å². The minimum absolute atomic E-state index is 0.176. The highest BCUT2D eigenvalue weighted by Gasteiger charge is 2.16. The van der Waals surface area contributed by atoms with Crippen LogP contribution in [0.15, 0.2) is 53.9 Å². The summed E-state index contributed by atoms with van der Waals surface area (Å²) in [6, 6.07) is 14.1. The highest BCUT2D eigenvalue weighted by molar-refractivity contribution is 7.13. The van der Waals surface area contributed by atoms with Crippen LogP contribution in [0.5, 0.6) is 11.5 Å². The molecule has 3 rings (SSSR count). The summed E-state index contributed by atoms with van der Waals surface area (Å²) in [4.78, 5) is 28.7. The predicted molar refractivity (Wildman–Crippen MR) is 106 cm³/mol. The van der Waals surface area contributed by atoms with Crippen LogP contribution in [0.2, 0.25) is 0 Å². The number of methoxy groups -OCH3 is 1. The summed E-state index contributed by atoms with van der Waals surface area (Å²) in [6.07, 6.45) is 0. The van der Waals surface area contributed by atoms with E-state index in [4.69, 9.17) is 14.2 Å². The van der Waals surface area contributed by atoms with Gasteiger partial charge in [-0.25, -0.2) is 9.78 Å². The molecule has 0 atom stereocenters. The molecule has 28 heavy (non-hydrogen) atoms. The quantitative estimate of drug-likeness (QED) is 0.418. The molecule has 0 aliphatic rings. The third kappa shape index (κ3) is 4.75. The van der Waals surface area contributed by atoms with Crippen LogP contribution < -0.4 is 9.47 Å². The highest BCUT2D eigenvalue weighted by atomic mass is 32.1. The van der Waals surface area contributed by atoms with Gasteiger partial charge in [0, 0.05) is 16.5 Å². The summed E-state index contributed by atoms with van der Waals surface area (Å²) in [5.41, 5.74) is 1.50. The number of carbonyl (C=O) groups is 2. The Morgan fingerprint density at radius 2 is 1.68 bits per heavy atom. The minimum atomic E-state index is -0.629. The Bertz CT molecular complexity index is 948. The second-order valence-corrected chi connectivity index (χ2v) is 6.58. The number of Topliss-reactive ketones (excluding diaryl/α,β-unsaturated/α-hetero) is 1. The van der Waals surface area contributed by atoms with Crippen LogP contribution in [-0.4, -0.2) is 37.1 Å². The number of rotatable bonds is 8. The van der Waals surface area contributed by atoms with Crippen molar-refractivity contribution >= 4 is 23.1 Å². The number of hydrogen-bond donors (Lipinski definition) is 0. The number of carbonyl (C=O) groups excluding carboxylic acids is 2. The van der Waals surface area contributed by atoms with Crippen molar-refractivity contribution in [3.63, 3.8) is 0 Å². The molecule has 1 aromatic heterocycles. The van der Waals surface area contributed by atoms with Gasteiger partial charge in [0.25, 0.3) is 0 Å². The molecule has 0 unspecified atom stereocenters. The molecule has 1 heterocycles. The zero-order chi connectivity index (χ0) is 19.9. The van der Waals surface area contributed by atoms with Gasteiger partial charge < -0.3 is 14.2 Å². The van der Waals surface area contributed by atoms with Gasteiger partial charge in [-0.3, -0.25) is 4.79 Å². The van der Waals surface area contributed by atoms with Gasteiger partial charge in [0.1, 0.15) is 16.5 Å². The van der Waals surface area contributed by atoms with Crippen molar-refractivity contribution in [2.75, 3.05) is 20.3 Å². The summed E-state index contributed by atoms with van der Waals surface area (Å²) in [5, 5.41) is 2.30. The number of hydrogen-bond acceptors (Lipinski definition) is 7. The average molecular weight is 397 g/mol. The fourth-order valence-electron chi connectivity index (χ4n) is 2.43. The first-order valence-electron chi connectivity index (χ1n) is 8.64. The van der Waals surface area contributed by atoms with Crippen LogP contribution >= 0.6 is 11.3 Å². The smallest absolute Gasteiger partial charge is 0.358 e. The normalized spacial score (nSPS) is 10.4. The van der Waals surface area contributed by atoms with E-state index < -0.39 is 5.97 Å². The van der Waals surface area contributed by atoms with E-state index in [-0.39, 0.29) is 18.1 Å². The molecule has 0 aliphatic heterocycles. The first-order chi connectivity index (χ1) is 13.6. The second-order valence-electron chi connectivity index (χ2n) is 5.72. The third-order valence-corrected chi connectivity index (χ3v) is 4.76. The molecule has 0 fully saturated rings. The molecular formula is C21H19NO5S. The lowest BCUT2D eigenvalue weighted by Crippen LogP contribution is -2.14. The van der Waals surface area contributed by atoms with E-state index in [1.165, 1.54) is 11.3 Å². The summed E-state index contributed by atoms with van der Waals surface area (Å²) in [7, 11) is 1.60.